The molecule has 1 aliphatic heterocycles. The van der Waals surface area contributed by atoms with Crippen molar-refractivity contribution in [2.24, 2.45) is 0 Å². The minimum atomic E-state index is -0.471. The Kier molecular flexibility index (Phi) is 4.75. The van der Waals surface area contributed by atoms with Crippen molar-refractivity contribution in [3.63, 3.8) is 0 Å². The highest BCUT2D eigenvalue weighted by Crippen LogP contribution is 2.36. The molecule has 0 radical (unpaired) electrons. The fourth-order valence-corrected chi connectivity index (χ4v) is 2.92. The SMILES string of the molecule is [C-]#[N+]CC1(c2ccccc2)CCN(C(=O)OC(C)(C)C)CC1. The summed E-state index contributed by atoms with van der Waals surface area (Å²) in [4.78, 5) is 17.6. The molecule has 1 fully saturated rings. The first-order valence-corrected chi connectivity index (χ1v) is 7.73. The Balaban J connectivity index is 2.08. The van der Waals surface area contributed by atoms with Crippen LogP contribution in [0.15, 0.2) is 30.3 Å². The van der Waals surface area contributed by atoms with Gasteiger partial charge < -0.3 is 14.5 Å². The lowest BCUT2D eigenvalue weighted by Crippen LogP contribution is -2.47. The molecule has 22 heavy (non-hydrogen) atoms. The first-order chi connectivity index (χ1) is 10.4. The van der Waals surface area contributed by atoms with Crippen molar-refractivity contribution >= 4 is 6.09 Å². The van der Waals surface area contributed by atoms with E-state index in [-0.39, 0.29) is 11.5 Å². The van der Waals surface area contributed by atoms with E-state index in [1.54, 1.807) is 4.90 Å². The first-order valence-electron chi connectivity index (χ1n) is 7.73. The zero-order valence-electron chi connectivity index (χ0n) is 13.6. The standard InChI is InChI=1S/C18H24N2O2/c1-17(2,3)22-16(21)20-12-10-18(11-13-20,14-19-4)15-8-6-5-7-9-15/h5-9H,10-14H2,1-3H3. The summed E-state index contributed by atoms with van der Waals surface area (Å²) in [5.41, 5.74) is 0.596. The molecule has 0 bridgehead atoms. The van der Waals surface area contributed by atoms with Gasteiger partial charge in [0.05, 0.1) is 5.41 Å². The number of carbonyl (C=O) groups excluding carboxylic acids is 1. The first kappa shape index (κ1) is 16.4. The smallest absolute Gasteiger partial charge is 0.410 e. The maximum Gasteiger partial charge on any atom is 0.410 e. The van der Waals surface area contributed by atoms with Gasteiger partial charge in [0.15, 0.2) is 0 Å². The van der Waals surface area contributed by atoms with Crippen LogP contribution < -0.4 is 0 Å². The fourth-order valence-electron chi connectivity index (χ4n) is 2.92. The summed E-state index contributed by atoms with van der Waals surface area (Å²) in [6.07, 6.45) is 1.36. The molecule has 0 spiro atoms. The molecule has 0 aliphatic carbocycles. The highest BCUT2D eigenvalue weighted by atomic mass is 16.6. The van der Waals surface area contributed by atoms with Crippen LogP contribution in [-0.4, -0.2) is 36.2 Å². The van der Waals surface area contributed by atoms with E-state index in [4.69, 9.17) is 11.3 Å². The van der Waals surface area contributed by atoms with Gasteiger partial charge in [0.2, 0.25) is 6.54 Å². The molecule has 0 saturated carbocycles. The van der Waals surface area contributed by atoms with Crippen LogP contribution in [0.1, 0.15) is 39.2 Å². The molecule has 1 saturated heterocycles. The quantitative estimate of drug-likeness (QED) is 0.777. The Morgan fingerprint density at radius 3 is 2.36 bits per heavy atom. The molecule has 4 heteroatoms. The van der Waals surface area contributed by atoms with Gasteiger partial charge in [-0.1, -0.05) is 30.3 Å². The number of ether oxygens (including phenoxy) is 1. The van der Waals surface area contributed by atoms with Crippen molar-refractivity contribution < 1.29 is 9.53 Å². The van der Waals surface area contributed by atoms with Crippen LogP contribution >= 0.6 is 0 Å². The van der Waals surface area contributed by atoms with Crippen molar-refractivity contribution in [3.05, 3.63) is 47.3 Å². The minimum Gasteiger partial charge on any atom is -0.444 e. The summed E-state index contributed by atoms with van der Waals surface area (Å²) in [5, 5.41) is 0. The van der Waals surface area contributed by atoms with Crippen molar-refractivity contribution in [3.8, 4) is 0 Å². The van der Waals surface area contributed by atoms with E-state index in [1.165, 1.54) is 5.56 Å². The third-order valence-electron chi connectivity index (χ3n) is 4.14. The van der Waals surface area contributed by atoms with Crippen molar-refractivity contribution in [1.29, 1.82) is 0 Å². The number of benzene rings is 1. The van der Waals surface area contributed by atoms with E-state index in [1.807, 2.05) is 39.0 Å². The number of likely N-dealkylation sites (tertiary alicyclic amines) is 1. The van der Waals surface area contributed by atoms with Crippen molar-refractivity contribution in [2.75, 3.05) is 19.6 Å². The fraction of sp³-hybridized carbons (Fsp3) is 0.556. The van der Waals surface area contributed by atoms with Gasteiger partial charge in [-0.25, -0.2) is 11.4 Å². The Bertz CT molecular complexity index is 547. The van der Waals surface area contributed by atoms with Gasteiger partial charge in [-0.2, -0.15) is 0 Å². The maximum absolute atomic E-state index is 12.2. The third kappa shape index (κ3) is 3.79. The van der Waals surface area contributed by atoms with Crippen LogP contribution in [0.3, 0.4) is 0 Å². The molecule has 1 aliphatic rings. The largest absolute Gasteiger partial charge is 0.444 e. The minimum absolute atomic E-state index is 0.137. The van der Waals surface area contributed by atoms with Gasteiger partial charge in [0.1, 0.15) is 5.60 Å². The number of rotatable bonds is 2. The van der Waals surface area contributed by atoms with Crippen LogP contribution in [0.5, 0.6) is 0 Å². The van der Waals surface area contributed by atoms with Crippen LogP contribution in [0, 0.1) is 6.57 Å². The number of carbonyl (C=O) groups is 1. The van der Waals surface area contributed by atoms with Gasteiger partial charge >= 0.3 is 6.09 Å². The second-order valence-corrected chi connectivity index (χ2v) is 6.93. The summed E-state index contributed by atoms with van der Waals surface area (Å²) in [6.45, 7) is 14.7. The number of amides is 1. The van der Waals surface area contributed by atoms with Gasteiger partial charge in [0.25, 0.3) is 0 Å². The van der Waals surface area contributed by atoms with E-state index in [0.29, 0.717) is 19.6 Å². The zero-order valence-corrected chi connectivity index (χ0v) is 13.6. The lowest BCUT2D eigenvalue weighted by atomic mass is 9.73. The van der Waals surface area contributed by atoms with Gasteiger partial charge in [-0.15, -0.1) is 0 Å². The van der Waals surface area contributed by atoms with E-state index < -0.39 is 5.60 Å². The summed E-state index contributed by atoms with van der Waals surface area (Å²) in [5.74, 6) is 0. The van der Waals surface area contributed by atoms with E-state index in [2.05, 4.69) is 17.0 Å². The Hall–Kier alpha value is -2.02. The normalized spacial score (nSPS) is 17.6. The van der Waals surface area contributed by atoms with Gasteiger partial charge in [-0.3, -0.25) is 0 Å². The van der Waals surface area contributed by atoms with Crippen LogP contribution in [-0.2, 0) is 10.2 Å². The van der Waals surface area contributed by atoms with Gasteiger partial charge in [0, 0.05) is 13.1 Å². The number of hydrogen-bond donors (Lipinski definition) is 0. The maximum atomic E-state index is 12.2. The molecule has 0 unspecified atom stereocenters. The second-order valence-electron chi connectivity index (χ2n) is 6.93. The molecular weight excluding hydrogens is 276 g/mol. The Labute approximate surface area is 132 Å². The molecule has 0 N–H and O–H groups in total. The molecule has 118 valence electrons. The molecule has 2 rings (SSSR count). The molecular formula is C18H24N2O2. The topological polar surface area (TPSA) is 33.9 Å². The summed E-state index contributed by atoms with van der Waals surface area (Å²) < 4.78 is 5.44. The monoisotopic (exact) mass is 300 g/mol. The third-order valence-corrected chi connectivity index (χ3v) is 4.14. The lowest BCUT2D eigenvalue weighted by Gasteiger charge is -2.39. The highest BCUT2D eigenvalue weighted by molar-refractivity contribution is 5.68. The summed E-state index contributed by atoms with van der Waals surface area (Å²) in [7, 11) is 0. The van der Waals surface area contributed by atoms with E-state index in [9.17, 15) is 4.79 Å². The lowest BCUT2D eigenvalue weighted by molar-refractivity contribution is 0.0170. The predicted octanol–water partition coefficient (Wildman–Crippen LogP) is 3.87. The highest BCUT2D eigenvalue weighted by Gasteiger charge is 2.41. The molecule has 1 aromatic rings. The summed E-state index contributed by atoms with van der Waals surface area (Å²) >= 11 is 0. The Morgan fingerprint density at radius 2 is 1.86 bits per heavy atom. The van der Waals surface area contributed by atoms with Crippen molar-refractivity contribution in [1.82, 2.24) is 4.90 Å². The molecule has 1 amide bonds. The van der Waals surface area contributed by atoms with E-state index in [0.717, 1.165) is 12.8 Å². The number of hydrogen-bond acceptors (Lipinski definition) is 2. The predicted molar refractivity (Wildman–Crippen MR) is 86.6 cm³/mol. The number of nitrogens with zero attached hydrogens (tertiary/aromatic N) is 2. The average Bonchev–Trinajstić information content (AvgIpc) is 2.47. The zero-order chi connectivity index (χ0) is 16.2. The van der Waals surface area contributed by atoms with E-state index >= 15 is 0 Å². The Morgan fingerprint density at radius 1 is 1.27 bits per heavy atom. The second kappa shape index (κ2) is 6.39. The van der Waals surface area contributed by atoms with Gasteiger partial charge in [-0.05, 0) is 39.2 Å². The average molecular weight is 300 g/mol. The molecule has 4 nitrogen and oxygen atoms in total. The van der Waals surface area contributed by atoms with Crippen molar-refractivity contribution in [2.45, 2.75) is 44.6 Å². The van der Waals surface area contributed by atoms with Crippen LogP contribution in [0.25, 0.3) is 4.85 Å². The molecule has 1 aromatic carbocycles. The summed E-state index contributed by atoms with van der Waals surface area (Å²) in [6, 6.07) is 10.2. The molecule has 0 atom stereocenters. The van der Waals surface area contributed by atoms with Crippen LogP contribution in [0.2, 0.25) is 0 Å². The number of piperidine rings is 1. The molecule has 1 heterocycles. The molecule has 0 aromatic heterocycles. The van der Waals surface area contributed by atoms with Crippen LogP contribution in [0.4, 0.5) is 4.79 Å².